The lowest BCUT2D eigenvalue weighted by Crippen LogP contribution is -2.51. The molecule has 8 nitrogen and oxygen atoms in total. The molecule has 2 aromatic rings. The molecule has 1 amide bonds. The Hall–Kier alpha value is -2.45. The summed E-state index contributed by atoms with van der Waals surface area (Å²) in [7, 11) is 0. The Morgan fingerprint density at radius 2 is 2.12 bits per heavy atom. The number of nitrogens with one attached hydrogen (secondary N) is 1. The number of halogens is 1. The molecule has 2 heterocycles. The molecular formula is C17H21ClN4O4. The Balaban J connectivity index is 0.00000243. The van der Waals surface area contributed by atoms with Crippen LogP contribution in [-0.2, 0) is 0 Å². The molecule has 0 spiro atoms. The zero-order valence-electron chi connectivity index (χ0n) is 14.3. The standard InChI is InChI=1S/C17H20N4O4.ClH/c1-10(18)15-4-2-3-7-20(15)17(23)13-9-16(22)19-14-6-5-11(21(24)25)8-12(13)14;/h5-6,8-10,15H,2-4,7,18H2,1H3,(H,19,22);1H. The Bertz CT molecular complexity index is 896. The number of aromatic nitrogens is 1. The number of fused-ring (bicyclic) bond motifs is 1. The van der Waals surface area contributed by atoms with Crippen molar-refractivity contribution in [2.45, 2.75) is 38.3 Å². The largest absolute Gasteiger partial charge is 0.334 e. The molecule has 9 heteroatoms. The van der Waals surface area contributed by atoms with Gasteiger partial charge in [0, 0.05) is 47.7 Å². The summed E-state index contributed by atoms with van der Waals surface area (Å²) in [6.45, 7) is 2.42. The second kappa shape index (κ2) is 7.84. The van der Waals surface area contributed by atoms with Crippen LogP contribution in [0.1, 0.15) is 36.5 Å². The van der Waals surface area contributed by atoms with E-state index in [4.69, 9.17) is 5.73 Å². The number of carbonyl (C=O) groups excluding carboxylic acids is 1. The van der Waals surface area contributed by atoms with Crippen LogP contribution < -0.4 is 11.3 Å². The summed E-state index contributed by atoms with van der Waals surface area (Å²) in [4.78, 5) is 39.9. The minimum atomic E-state index is -0.523. The molecule has 26 heavy (non-hydrogen) atoms. The quantitative estimate of drug-likeness (QED) is 0.624. The van der Waals surface area contributed by atoms with Gasteiger partial charge in [0.15, 0.2) is 0 Å². The van der Waals surface area contributed by atoms with Crippen molar-refractivity contribution in [1.82, 2.24) is 9.88 Å². The topological polar surface area (TPSA) is 122 Å². The summed E-state index contributed by atoms with van der Waals surface area (Å²) in [6, 6.07) is 4.99. The second-order valence-corrected chi connectivity index (χ2v) is 6.46. The Morgan fingerprint density at radius 3 is 2.77 bits per heavy atom. The van der Waals surface area contributed by atoms with Gasteiger partial charge in [-0.25, -0.2) is 0 Å². The van der Waals surface area contributed by atoms with Gasteiger partial charge in [0.1, 0.15) is 0 Å². The molecule has 0 saturated carbocycles. The van der Waals surface area contributed by atoms with Crippen LogP contribution in [0.25, 0.3) is 10.9 Å². The van der Waals surface area contributed by atoms with E-state index in [1.54, 1.807) is 4.90 Å². The number of pyridine rings is 1. The van der Waals surface area contributed by atoms with E-state index in [-0.39, 0.29) is 41.6 Å². The predicted octanol–water partition coefficient (Wildman–Crippen LogP) is 2.20. The van der Waals surface area contributed by atoms with Crippen molar-refractivity contribution in [3.8, 4) is 0 Å². The summed E-state index contributed by atoms with van der Waals surface area (Å²) in [6.07, 6.45) is 2.68. The Labute approximate surface area is 155 Å². The van der Waals surface area contributed by atoms with Gasteiger partial charge in [0.25, 0.3) is 11.6 Å². The molecule has 0 radical (unpaired) electrons. The highest BCUT2D eigenvalue weighted by Crippen LogP contribution is 2.26. The van der Waals surface area contributed by atoms with Crippen LogP contribution in [-0.4, -0.2) is 39.3 Å². The van der Waals surface area contributed by atoms with Gasteiger partial charge in [0.05, 0.1) is 10.5 Å². The number of amides is 1. The minimum absolute atomic E-state index is 0. The zero-order chi connectivity index (χ0) is 18.1. The molecule has 140 valence electrons. The maximum absolute atomic E-state index is 13.1. The molecule has 1 aromatic heterocycles. The summed E-state index contributed by atoms with van der Waals surface area (Å²) >= 11 is 0. The molecule has 3 rings (SSSR count). The third kappa shape index (κ3) is 3.71. The van der Waals surface area contributed by atoms with Gasteiger partial charge in [0.2, 0.25) is 5.56 Å². The summed E-state index contributed by atoms with van der Waals surface area (Å²) in [5.41, 5.74) is 6.06. The van der Waals surface area contributed by atoms with Crippen LogP contribution in [0, 0.1) is 10.1 Å². The Morgan fingerprint density at radius 1 is 1.38 bits per heavy atom. The normalized spacial score (nSPS) is 18.2. The molecule has 3 N–H and O–H groups in total. The van der Waals surface area contributed by atoms with Gasteiger partial charge < -0.3 is 15.6 Å². The number of piperidine rings is 1. The Kier molecular flexibility index (Phi) is 5.99. The van der Waals surface area contributed by atoms with Crippen molar-refractivity contribution in [2.24, 2.45) is 5.73 Å². The monoisotopic (exact) mass is 380 g/mol. The first-order valence-electron chi connectivity index (χ1n) is 8.26. The molecule has 1 aliphatic rings. The van der Waals surface area contributed by atoms with Gasteiger partial charge >= 0.3 is 0 Å². The van der Waals surface area contributed by atoms with E-state index in [0.717, 1.165) is 19.3 Å². The number of nitro benzene ring substituents is 1. The van der Waals surface area contributed by atoms with Gasteiger partial charge in [-0.2, -0.15) is 0 Å². The fraction of sp³-hybridized carbons (Fsp3) is 0.412. The smallest absolute Gasteiger partial charge is 0.270 e. The fourth-order valence-corrected chi connectivity index (χ4v) is 3.44. The van der Waals surface area contributed by atoms with Crippen LogP contribution in [0.4, 0.5) is 5.69 Å². The van der Waals surface area contributed by atoms with E-state index < -0.39 is 10.5 Å². The first-order valence-corrected chi connectivity index (χ1v) is 8.26. The third-order valence-corrected chi connectivity index (χ3v) is 4.68. The van der Waals surface area contributed by atoms with E-state index in [9.17, 15) is 19.7 Å². The van der Waals surface area contributed by atoms with Gasteiger partial charge in [-0.15, -0.1) is 12.4 Å². The van der Waals surface area contributed by atoms with Crippen LogP contribution in [0.5, 0.6) is 0 Å². The zero-order valence-corrected chi connectivity index (χ0v) is 15.1. The average molecular weight is 381 g/mol. The van der Waals surface area contributed by atoms with E-state index >= 15 is 0 Å². The average Bonchev–Trinajstić information content (AvgIpc) is 2.59. The maximum Gasteiger partial charge on any atom is 0.270 e. The molecule has 1 fully saturated rings. The first-order chi connectivity index (χ1) is 11.9. The number of hydrogen-bond acceptors (Lipinski definition) is 5. The molecule has 1 saturated heterocycles. The van der Waals surface area contributed by atoms with Crippen LogP contribution in [0.2, 0.25) is 0 Å². The highest BCUT2D eigenvalue weighted by molar-refractivity contribution is 6.06. The number of non-ortho nitro benzene ring substituents is 1. The molecule has 1 aromatic carbocycles. The van der Waals surface area contributed by atoms with Crippen molar-refractivity contribution >= 4 is 34.9 Å². The summed E-state index contributed by atoms with van der Waals surface area (Å²) in [5, 5.41) is 11.4. The lowest BCUT2D eigenvalue weighted by molar-refractivity contribution is -0.384. The highest BCUT2D eigenvalue weighted by atomic mass is 35.5. The van der Waals surface area contributed by atoms with E-state index in [0.29, 0.717) is 17.4 Å². The maximum atomic E-state index is 13.1. The molecular weight excluding hydrogens is 360 g/mol. The highest BCUT2D eigenvalue weighted by Gasteiger charge is 2.31. The SMILES string of the molecule is CC(N)C1CCCCN1C(=O)c1cc(=O)[nH]c2ccc([N+](=O)[O-])cc12.Cl. The molecule has 0 aliphatic carbocycles. The lowest BCUT2D eigenvalue weighted by Gasteiger charge is -2.38. The second-order valence-electron chi connectivity index (χ2n) is 6.46. The first kappa shape index (κ1) is 19.9. The number of rotatable bonds is 3. The van der Waals surface area contributed by atoms with E-state index in [2.05, 4.69) is 4.98 Å². The van der Waals surface area contributed by atoms with Gasteiger partial charge in [-0.1, -0.05) is 0 Å². The summed E-state index contributed by atoms with van der Waals surface area (Å²) in [5.74, 6) is -0.307. The van der Waals surface area contributed by atoms with Gasteiger partial charge in [-0.3, -0.25) is 19.7 Å². The van der Waals surface area contributed by atoms with Gasteiger partial charge in [-0.05, 0) is 32.3 Å². The predicted molar refractivity (Wildman–Crippen MR) is 101 cm³/mol. The van der Waals surface area contributed by atoms with Crippen molar-refractivity contribution in [3.05, 3.63) is 50.3 Å². The number of nitrogens with zero attached hydrogens (tertiary/aromatic N) is 2. The lowest BCUT2D eigenvalue weighted by atomic mass is 9.95. The number of aromatic amines is 1. The summed E-state index contributed by atoms with van der Waals surface area (Å²) < 4.78 is 0. The van der Waals surface area contributed by atoms with Crippen molar-refractivity contribution in [2.75, 3.05) is 6.54 Å². The number of nitro groups is 1. The molecule has 2 unspecified atom stereocenters. The number of likely N-dealkylation sites (tertiary alicyclic amines) is 1. The number of benzene rings is 1. The number of nitrogens with two attached hydrogens (primary N) is 1. The van der Waals surface area contributed by atoms with E-state index in [1.165, 1.54) is 24.3 Å². The number of H-pyrrole nitrogens is 1. The van der Waals surface area contributed by atoms with Crippen LogP contribution in [0.15, 0.2) is 29.1 Å². The van der Waals surface area contributed by atoms with Crippen LogP contribution in [0.3, 0.4) is 0 Å². The third-order valence-electron chi connectivity index (χ3n) is 4.68. The molecule has 0 bridgehead atoms. The van der Waals surface area contributed by atoms with E-state index in [1.807, 2.05) is 6.92 Å². The molecule has 1 aliphatic heterocycles. The van der Waals surface area contributed by atoms with Crippen molar-refractivity contribution < 1.29 is 9.72 Å². The minimum Gasteiger partial charge on any atom is -0.334 e. The van der Waals surface area contributed by atoms with Crippen LogP contribution >= 0.6 is 12.4 Å². The number of hydrogen-bond donors (Lipinski definition) is 2. The van der Waals surface area contributed by atoms with Crippen molar-refractivity contribution in [1.29, 1.82) is 0 Å². The fourth-order valence-electron chi connectivity index (χ4n) is 3.44. The van der Waals surface area contributed by atoms with Crippen molar-refractivity contribution in [3.63, 3.8) is 0 Å². The molecule has 2 atom stereocenters. The number of carbonyl (C=O) groups is 1.